The Morgan fingerprint density at radius 1 is 0.769 bits per heavy atom. The molecule has 0 heterocycles. The molecule has 0 radical (unpaired) electrons. The second-order valence-electron chi connectivity index (χ2n) is 5.94. The molecule has 0 saturated heterocycles. The van der Waals surface area contributed by atoms with Crippen LogP contribution in [0.3, 0.4) is 0 Å². The van der Waals surface area contributed by atoms with Gasteiger partial charge in [-0.1, -0.05) is 60.7 Å². The van der Waals surface area contributed by atoms with Crippen LogP contribution in [0.25, 0.3) is 0 Å². The highest BCUT2D eigenvalue weighted by atomic mass is 35.5. The first-order valence-corrected chi connectivity index (χ1v) is 8.51. The maximum atomic E-state index is 12.9. The van der Waals surface area contributed by atoms with E-state index in [1.165, 1.54) is 12.1 Å². The fourth-order valence-corrected chi connectivity index (χ4v) is 2.63. The maximum Gasteiger partial charge on any atom is 0.124 e. The Labute approximate surface area is 160 Å². The second-order valence-corrected chi connectivity index (χ2v) is 5.94. The summed E-state index contributed by atoms with van der Waals surface area (Å²) in [6.45, 7) is 2.14. The van der Waals surface area contributed by atoms with Crippen molar-refractivity contribution in [3.05, 3.63) is 101 Å². The first-order valence-electron chi connectivity index (χ1n) is 8.51. The molecule has 0 spiro atoms. The van der Waals surface area contributed by atoms with Gasteiger partial charge in [-0.3, -0.25) is 0 Å². The predicted molar refractivity (Wildman–Crippen MR) is 106 cm³/mol. The van der Waals surface area contributed by atoms with E-state index in [2.05, 4.69) is 23.5 Å². The lowest BCUT2D eigenvalue weighted by atomic mass is 10.1. The van der Waals surface area contributed by atoms with Crippen molar-refractivity contribution in [3.8, 4) is 5.75 Å². The summed E-state index contributed by atoms with van der Waals surface area (Å²) in [5.74, 6) is 0.710. The molecule has 2 nitrogen and oxygen atoms in total. The summed E-state index contributed by atoms with van der Waals surface area (Å²) in [4.78, 5) is 0. The van der Waals surface area contributed by atoms with E-state index in [0.29, 0.717) is 6.61 Å². The minimum Gasteiger partial charge on any atom is -0.489 e. The quantitative estimate of drug-likeness (QED) is 0.552. The number of rotatable bonds is 8. The molecule has 0 saturated carbocycles. The Morgan fingerprint density at radius 2 is 1.46 bits per heavy atom. The van der Waals surface area contributed by atoms with Crippen molar-refractivity contribution in [2.24, 2.45) is 0 Å². The van der Waals surface area contributed by atoms with Crippen LogP contribution < -0.4 is 10.1 Å². The van der Waals surface area contributed by atoms with Crippen molar-refractivity contribution in [1.82, 2.24) is 5.32 Å². The standard InChI is InChI=1S/C22H22FNO.ClH/c23-21-12-10-18(11-13-21)14-15-24-16-20-8-4-5-9-22(20)25-17-19-6-2-1-3-7-19;/h1-13,24H,14-17H2;1H. The van der Waals surface area contributed by atoms with Crippen LogP contribution in [0.1, 0.15) is 16.7 Å². The highest BCUT2D eigenvalue weighted by Gasteiger charge is 2.03. The molecule has 0 atom stereocenters. The summed E-state index contributed by atoms with van der Waals surface area (Å²) in [6.07, 6.45) is 0.868. The molecule has 3 aromatic carbocycles. The van der Waals surface area contributed by atoms with Crippen molar-refractivity contribution in [1.29, 1.82) is 0 Å². The summed E-state index contributed by atoms with van der Waals surface area (Å²) in [6, 6.07) is 24.9. The SMILES string of the molecule is Cl.Fc1ccc(CCNCc2ccccc2OCc2ccccc2)cc1. The van der Waals surface area contributed by atoms with Crippen LogP contribution in [-0.2, 0) is 19.6 Å². The van der Waals surface area contributed by atoms with Crippen molar-refractivity contribution in [3.63, 3.8) is 0 Å². The van der Waals surface area contributed by atoms with Crippen LogP contribution in [0.4, 0.5) is 4.39 Å². The number of para-hydroxylation sites is 1. The molecule has 0 unspecified atom stereocenters. The fraction of sp³-hybridized carbons (Fsp3) is 0.182. The molecule has 1 N–H and O–H groups in total. The van der Waals surface area contributed by atoms with Crippen LogP contribution in [0.5, 0.6) is 5.75 Å². The van der Waals surface area contributed by atoms with Crippen molar-refractivity contribution in [2.45, 2.75) is 19.6 Å². The Morgan fingerprint density at radius 3 is 2.23 bits per heavy atom. The van der Waals surface area contributed by atoms with Gasteiger partial charge in [0.15, 0.2) is 0 Å². The number of hydrogen-bond donors (Lipinski definition) is 1. The van der Waals surface area contributed by atoms with Crippen LogP contribution >= 0.6 is 12.4 Å². The summed E-state index contributed by atoms with van der Waals surface area (Å²) in [5, 5.41) is 3.43. The van der Waals surface area contributed by atoms with Gasteiger partial charge in [-0.05, 0) is 42.3 Å². The lowest BCUT2D eigenvalue weighted by Crippen LogP contribution is -2.17. The summed E-state index contributed by atoms with van der Waals surface area (Å²) in [7, 11) is 0. The molecule has 3 aromatic rings. The lowest BCUT2D eigenvalue weighted by Gasteiger charge is -2.12. The van der Waals surface area contributed by atoms with Gasteiger partial charge in [0.05, 0.1) is 0 Å². The molecule has 136 valence electrons. The van der Waals surface area contributed by atoms with Crippen molar-refractivity contribution < 1.29 is 9.13 Å². The average molecular weight is 372 g/mol. The van der Waals surface area contributed by atoms with E-state index in [1.807, 2.05) is 48.5 Å². The third-order valence-electron chi connectivity index (χ3n) is 4.03. The van der Waals surface area contributed by atoms with Crippen LogP contribution in [0.15, 0.2) is 78.9 Å². The number of ether oxygens (including phenoxy) is 1. The highest BCUT2D eigenvalue weighted by molar-refractivity contribution is 5.85. The predicted octanol–water partition coefficient (Wildman–Crippen LogP) is 5.16. The minimum atomic E-state index is -0.193. The van der Waals surface area contributed by atoms with Crippen molar-refractivity contribution >= 4 is 12.4 Å². The first-order chi connectivity index (χ1) is 12.3. The molecular weight excluding hydrogens is 349 g/mol. The molecule has 0 amide bonds. The molecule has 0 fully saturated rings. The van der Waals surface area contributed by atoms with Gasteiger partial charge in [-0.25, -0.2) is 4.39 Å². The molecule has 0 aliphatic rings. The zero-order chi connectivity index (χ0) is 17.3. The maximum absolute atomic E-state index is 12.9. The molecule has 0 bridgehead atoms. The van der Waals surface area contributed by atoms with E-state index in [9.17, 15) is 4.39 Å². The van der Waals surface area contributed by atoms with Gasteiger partial charge in [0.25, 0.3) is 0 Å². The third kappa shape index (κ3) is 6.17. The van der Waals surface area contributed by atoms with Gasteiger partial charge in [0.1, 0.15) is 18.2 Å². The minimum absolute atomic E-state index is 0. The molecule has 4 heteroatoms. The largest absolute Gasteiger partial charge is 0.489 e. The average Bonchev–Trinajstić information content (AvgIpc) is 2.66. The normalized spacial score (nSPS) is 10.2. The molecule has 0 aromatic heterocycles. The number of halogens is 2. The molecule has 0 aliphatic heterocycles. The molecule has 3 rings (SSSR count). The fourth-order valence-electron chi connectivity index (χ4n) is 2.63. The number of nitrogens with one attached hydrogen (secondary N) is 1. The van der Waals surface area contributed by atoms with Gasteiger partial charge in [0, 0.05) is 12.1 Å². The zero-order valence-corrected chi connectivity index (χ0v) is 15.3. The Bertz CT molecular complexity index is 778. The third-order valence-corrected chi connectivity index (χ3v) is 4.03. The first kappa shape index (κ1) is 20.0. The van der Waals surface area contributed by atoms with E-state index >= 15 is 0 Å². The Balaban J connectivity index is 0.00000243. The smallest absolute Gasteiger partial charge is 0.124 e. The number of hydrogen-bond acceptors (Lipinski definition) is 2. The van der Waals surface area contributed by atoms with Gasteiger partial charge < -0.3 is 10.1 Å². The van der Waals surface area contributed by atoms with E-state index in [4.69, 9.17) is 4.74 Å². The zero-order valence-electron chi connectivity index (χ0n) is 14.5. The summed E-state index contributed by atoms with van der Waals surface area (Å²) < 4.78 is 18.9. The molecule has 26 heavy (non-hydrogen) atoms. The molecule has 0 aliphatic carbocycles. The topological polar surface area (TPSA) is 21.3 Å². The van der Waals surface area contributed by atoms with Gasteiger partial charge in [-0.15, -0.1) is 12.4 Å². The van der Waals surface area contributed by atoms with Crippen LogP contribution in [0.2, 0.25) is 0 Å². The van der Waals surface area contributed by atoms with Gasteiger partial charge in [-0.2, -0.15) is 0 Å². The van der Waals surface area contributed by atoms with E-state index in [0.717, 1.165) is 42.0 Å². The van der Waals surface area contributed by atoms with E-state index < -0.39 is 0 Å². The highest BCUT2D eigenvalue weighted by Crippen LogP contribution is 2.19. The van der Waals surface area contributed by atoms with Crippen LogP contribution in [0, 0.1) is 5.82 Å². The monoisotopic (exact) mass is 371 g/mol. The molecular formula is C22H23ClFNO. The number of benzene rings is 3. The van der Waals surface area contributed by atoms with E-state index in [1.54, 1.807) is 0 Å². The van der Waals surface area contributed by atoms with Crippen molar-refractivity contribution in [2.75, 3.05) is 6.54 Å². The summed E-state index contributed by atoms with van der Waals surface area (Å²) >= 11 is 0. The van der Waals surface area contributed by atoms with Gasteiger partial charge in [0.2, 0.25) is 0 Å². The van der Waals surface area contributed by atoms with E-state index in [-0.39, 0.29) is 18.2 Å². The Kier molecular flexibility index (Phi) is 8.13. The summed E-state index contributed by atoms with van der Waals surface area (Å²) in [5.41, 5.74) is 3.42. The van der Waals surface area contributed by atoms with Crippen LogP contribution in [-0.4, -0.2) is 6.54 Å². The second kappa shape index (κ2) is 10.6. The Hall–Kier alpha value is -2.36. The lowest BCUT2D eigenvalue weighted by molar-refractivity contribution is 0.302. The van der Waals surface area contributed by atoms with Gasteiger partial charge >= 0.3 is 0 Å².